The topological polar surface area (TPSA) is 65.4 Å². The number of hydrogen-bond donors (Lipinski definition) is 0. The van der Waals surface area contributed by atoms with E-state index in [9.17, 15) is 13.2 Å². The molecule has 0 saturated heterocycles. The summed E-state index contributed by atoms with van der Waals surface area (Å²) < 4.78 is 32.9. The fourth-order valence-corrected chi connectivity index (χ4v) is 5.05. The van der Waals surface area contributed by atoms with Gasteiger partial charge in [-0.15, -0.1) is 0 Å². The second-order valence-electron chi connectivity index (χ2n) is 6.76. The summed E-state index contributed by atoms with van der Waals surface area (Å²) >= 11 is 0. The minimum Gasteiger partial charge on any atom is -0.465 e. The zero-order valence-electron chi connectivity index (χ0n) is 16.4. The summed E-state index contributed by atoms with van der Waals surface area (Å²) in [4.78, 5) is 12.7. The van der Waals surface area contributed by atoms with E-state index >= 15 is 0 Å². The van der Waals surface area contributed by atoms with E-state index in [0.29, 0.717) is 28.9 Å². The Morgan fingerprint density at radius 2 is 1.54 bits per heavy atom. The molecule has 6 heteroatoms. The molecule has 0 N–H and O–H groups in total. The number of benzene rings is 2. The van der Waals surface area contributed by atoms with Gasteiger partial charge >= 0.3 is 5.97 Å². The van der Waals surface area contributed by atoms with Crippen LogP contribution >= 0.6 is 0 Å². The van der Waals surface area contributed by atoms with E-state index in [2.05, 4.69) is 0 Å². The number of esters is 1. The van der Waals surface area contributed by atoms with Gasteiger partial charge in [-0.05, 0) is 44.0 Å². The molecule has 3 aromatic rings. The van der Waals surface area contributed by atoms with E-state index in [1.54, 1.807) is 38.1 Å². The molecule has 1 aromatic heterocycles. The third-order valence-corrected chi connectivity index (χ3v) is 6.78. The zero-order valence-corrected chi connectivity index (χ0v) is 17.2. The Hall–Kier alpha value is -2.86. The smallest absolute Gasteiger partial charge is 0.340 e. The monoisotopic (exact) mass is 397 g/mol. The summed E-state index contributed by atoms with van der Waals surface area (Å²) in [5.41, 5.74) is 3.80. The Morgan fingerprint density at radius 3 is 2.11 bits per heavy atom. The lowest BCUT2D eigenvalue weighted by Crippen LogP contribution is -2.16. The van der Waals surface area contributed by atoms with Gasteiger partial charge in [0.1, 0.15) is 0 Å². The Kier molecular flexibility index (Phi) is 5.42. The molecule has 28 heavy (non-hydrogen) atoms. The Bertz CT molecular complexity index is 1110. The highest BCUT2D eigenvalue weighted by Gasteiger charge is 2.30. The molecule has 0 unspecified atom stereocenters. The van der Waals surface area contributed by atoms with E-state index in [0.717, 1.165) is 11.1 Å². The van der Waals surface area contributed by atoms with Crippen molar-refractivity contribution in [1.82, 2.24) is 3.97 Å². The van der Waals surface area contributed by atoms with Crippen molar-refractivity contribution in [1.29, 1.82) is 0 Å². The van der Waals surface area contributed by atoms with Crippen molar-refractivity contribution in [2.45, 2.75) is 32.1 Å². The summed E-state index contributed by atoms with van der Waals surface area (Å²) in [5.74, 6) is -0.538. The van der Waals surface area contributed by atoms with Gasteiger partial charge in [0.2, 0.25) is 0 Å². The van der Waals surface area contributed by atoms with Gasteiger partial charge in [-0.3, -0.25) is 0 Å². The predicted molar refractivity (Wildman–Crippen MR) is 108 cm³/mol. The predicted octanol–water partition coefficient (Wildman–Crippen LogP) is 4.03. The summed E-state index contributed by atoms with van der Waals surface area (Å²) in [6.07, 6.45) is 0.439. The summed E-state index contributed by atoms with van der Waals surface area (Å²) in [6, 6.07) is 16.3. The van der Waals surface area contributed by atoms with Crippen LogP contribution in [0.5, 0.6) is 0 Å². The third kappa shape index (κ3) is 3.47. The first kappa shape index (κ1) is 19.9. The minimum atomic E-state index is -3.84. The fraction of sp³-hybridized carbons (Fsp3) is 0.227. The number of carbonyl (C=O) groups is 1. The van der Waals surface area contributed by atoms with Gasteiger partial charge in [0, 0.05) is 17.8 Å². The number of rotatable bonds is 5. The highest BCUT2D eigenvalue weighted by atomic mass is 32.2. The molecule has 0 spiro atoms. The lowest BCUT2D eigenvalue weighted by molar-refractivity contribution is 0.0599. The summed E-state index contributed by atoms with van der Waals surface area (Å²) in [7, 11) is -2.54. The maximum absolute atomic E-state index is 13.3. The molecule has 0 amide bonds. The fourth-order valence-electron chi connectivity index (χ4n) is 3.44. The molecule has 0 aliphatic heterocycles. The molecule has 1 heterocycles. The molecule has 5 nitrogen and oxygen atoms in total. The van der Waals surface area contributed by atoms with E-state index in [-0.39, 0.29) is 4.90 Å². The van der Waals surface area contributed by atoms with Crippen LogP contribution in [0.4, 0.5) is 0 Å². The molecule has 146 valence electrons. The van der Waals surface area contributed by atoms with Crippen LogP contribution in [-0.2, 0) is 21.2 Å². The molecule has 0 saturated carbocycles. The average Bonchev–Trinajstić information content (AvgIpc) is 2.92. The molecular weight excluding hydrogens is 374 g/mol. The van der Waals surface area contributed by atoms with Crippen LogP contribution in [-0.4, -0.2) is 25.5 Å². The second-order valence-corrected chi connectivity index (χ2v) is 8.55. The second kappa shape index (κ2) is 7.64. The van der Waals surface area contributed by atoms with Gasteiger partial charge in [0.05, 0.1) is 17.6 Å². The van der Waals surface area contributed by atoms with Gasteiger partial charge in [-0.25, -0.2) is 17.2 Å². The number of methoxy groups -OCH3 is 1. The van der Waals surface area contributed by atoms with E-state index in [1.807, 2.05) is 37.3 Å². The summed E-state index contributed by atoms with van der Waals surface area (Å²) in [6.45, 7) is 5.26. The Balaban J connectivity index is 2.22. The first-order valence-electron chi connectivity index (χ1n) is 8.92. The van der Waals surface area contributed by atoms with Crippen molar-refractivity contribution in [3.8, 4) is 0 Å². The molecule has 0 aliphatic carbocycles. The van der Waals surface area contributed by atoms with E-state index < -0.39 is 16.0 Å². The molecule has 0 atom stereocenters. The molecule has 0 aliphatic rings. The normalized spacial score (nSPS) is 11.4. The quantitative estimate of drug-likeness (QED) is 0.610. The van der Waals surface area contributed by atoms with E-state index in [1.165, 1.54) is 11.1 Å². The molecular formula is C22H23NO4S. The highest BCUT2D eigenvalue weighted by molar-refractivity contribution is 7.90. The maximum Gasteiger partial charge on any atom is 0.340 e. The number of aromatic nitrogens is 1. The lowest BCUT2D eigenvalue weighted by Gasteiger charge is -2.11. The molecule has 3 rings (SSSR count). The number of nitrogens with zero attached hydrogens (tertiary/aromatic N) is 1. The largest absolute Gasteiger partial charge is 0.465 e. The molecule has 0 bridgehead atoms. The lowest BCUT2D eigenvalue weighted by atomic mass is 10.0. The van der Waals surface area contributed by atoms with Gasteiger partial charge in [0.15, 0.2) is 0 Å². The van der Waals surface area contributed by atoms with Crippen LogP contribution in [0.3, 0.4) is 0 Å². The van der Waals surface area contributed by atoms with Crippen molar-refractivity contribution in [3.05, 3.63) is 88.2 Å². The maximum atomic E-state index is 13.3. The minimum absolute atomic E-state index is 0.182. The van der Waals surface area contributed by atoms with Crippen LogP contribution in [0.2, 0.25) is 0 Å². The number of hydrogen-bond acceptors (Lipinski definition) is 4. The summed E-state index contributed by atoms with van der Waals surface area (Å²) in [5, 5.41) is 0. The third-order valence-electron chi connectivity index (χ3n) is 4.88. The van der Waals surface area contributed by atoms with Gasteiger partial charge in [-0.1, -0.05) is 48.0 Å². The van der Waals surface area contributed by atoms with Crippen LogP contribution in [0.1, 0.15) is 38.4 Å². The Morgan fingerprint density at radius 1 is 0.929 bits per heavy atom. The number of ether oxygens (including phenoxy) is 1. The SMILES string of the molecule is COC(=O)c1c(Cc2ccccc2)c(C)n(S(=O)(=O)c2ccc(C)cc2)c1C. The van der Waals surface area contributed by atoms with Crippen molar-refractivity contribution in [2.75, 3.05) is 7.11 Å². The van der Waals surface area contributed by atoms with E-state index in [4.69, 9.17) is 4.74 Å². The average molecular weight is 397 g/mol. The van der Waals surface area contributed by atoms with Crippen molar-refractivity contribution >= 4 is 16.0 Å². The number of aryl methyl sites for hydroxylation is 1. The molecule has 0 radical (unpaired) electrons. The van der Waals surface area contributed by atoms with Crippen molar-refractivity contribution < 1.29 is 17.9 Å². The van der Waals surface area contributed by atoms with Crippen LogP contribution in [0, 0.1) is 20.8 Å². The standard InChI is InChI=1S/C22H23NO4S/c1-15-10-12-19(13-11-15)28(25,26)23-16(2)20(14-18-8-6-5-7-9-18)21(17(23)3)22(24)27-4/h5-13H,14H2,1-4H3. The molecule has 0 fully saturated rings. The van der Waals surface area contributed by atoms with Gasteiger partial charge < -0.3 is 4.74 Å². The van der Waals surface area contributed by atoms with Crippen molar-refractivity contribution in [2.24, 2.45) is 0 Å². The van der Waals surface area contributed by atoms with Crippen LogP contribution in [0.25, 0.3) is 0 Å². The highest BCUT2D eigenvalue weighted by Crippen LogP contribution is 2.30. The van der Waals surface area contributed by atoms with Crippen LogP contribution < -0.4 is 0 Å². The van der Waals surface area contributed by atoms with Crippen molar-refractivity contribution in [3.63, 3.8) is 0 Å². The zero-order chi connectivity index (χ0) is 20.5. The first-order valence-corrected chi connectivity index (χ1v) is 10.4. The number of carbonyl (C=O) groups excluding carboxylic acids is 1. The van der Waals surface area contributed by atoms with Gasteiger partial charge in [0.25, 0.3) is 10.0 Å². The van der Waals surface area contributed by atoms with Crippen LogP contribution in [0.15, 0.2) is 59.5 Å². The Labute approximate surface area is 165 Å². The van der Waals surface area contributed by atoms with Gasteiger partial charge in [-0.2, -0.15) is 0 Å². The molecule has 2 aromatic carbocycles. The first-order chi connectivity index (χ1) is 13.3.